The molecule has 0 saturated heterocycles. The number of nitrogens with one attached hydrogen (secondary N) is 1. The number of fused-ring (bicyclic) bond motifs is 3. The lowest BCUT2D eigenvalue weighted by molar-refractivity contribution is -0.274. The van der Waals surface area contributed by atoms with Crippen molar-refractivity contribution in [3.63, 3.8) is 0 Å². The Morgan fingerprint density at radius 2 is 1.81 bits per heavy atom. The summed E-state index contributed by atoms with van der Waals surface area (Å²) in [5.74, 6) is -0.448. The maximum atomic E-state index is 13.4. The molecule has 0 unspecified atom stereocenters. The quantitative estimate of drug-likeness (QED) is 0.183. The van der Waals surface area contributed by atoms with Crippen molar-refractivity contribution >= 4 is 34.6 Å². The third-order valence-electron chi connectivity index (χ3n) is 6.78. The van der Waals surface area contributed by atoms with Crippen LogP contribution < -0.4 is 10.1 Å². The van der Waals surface area contributed by atoms with E-state index in [1.165, 1.54) is 41.1 Å². The van der Waals surface area contributed by atoms with E-state index in [2.05, 4.69) is 19.9 Å². The van der Waals surface area contributed by atoms with E-state index in [4.69, 9.17) is 11.6 Å². The number of carbonyl (C=O) groups is 1. The number of rotatable bonds is 6. The molecule has 0 bridgehead atoms. The highest BCUT2D eigenvalue weighted by molar-refractivity contribution is 6.29. The predicted molar refractivity (Wildman–Crippen MR) is 145 cm³/mol. The summed E-state index contributed by atoms with van der Waals surface area (Å²) in [6.45, 7) is 1.54. The fourth-order valence-electron chi connectivity index (χ4n) is 4.91. The van der Waals surface area contributed by atoms with Crippen molar-refractivity contribution in [2.45, 2.75) is 32.0 Å². The number of nitrogens with zero attached hydrogens (tertiary/aromatic N) is 3. The monoisotopic (exact) mass is 608 g/mol. The molecule has 13 heteroatoms. The SMILES string of the molecule is O=C(NCc1ccnc(Cl)c1)n1c2c(c3ccc(OC(F)(F)F)cc31)CN(CC=Cc1ccc(C(F)(F)F)cc1)CC2. The Morgan fingerprint density at radius 1 is 1.05 bits per heavy atom. The number of ether oxygens (including phenoxy) is 1. The zero-order valence-corrected chi connectivity index (χ0v) is 22.5. The van der Waals surface area contributed by atoms with Crippen LogP contribution >= 0.6 is 11.6 Å². The summed E-state index contributed by atoms with van der Waals surface area (Å²) in [5, 5.41) is 3.66. The average molecular weight is 609 g/mol. The van der Waals surface area contributed by atoms with Crippen molar-refractivity contribution in [1.82, 2.24) is 19.8 Å². The van der Waals surface area contributed by atoms with Gasteiger partial charge in [-0.1, -0.05) is 35.9 Å². The first-order valence-corrected chi connectivity index (χ1v) is 13.1. The Morgan fingerprint density at radius 3 is 2.50 bits per heavy atom. The molecule has 1 aliphatic heterocycles. The van der Waals surface area contributed by atoms with Gasteiger partial charge in [-0.3, -0.25) is 9.47 Å². The number of halogens is 7. The number of carbonyl (C=O) groups excluding carboxylic acids is 1. The minimum atomic E-state index is -4.90. The van der Waals surface area contributed by atoms with E-state index in [0.29, 0.717) is 48.3 Å². The number of benzene rings is 2. The molecule has 3 heterocycles. The Hall–Kier alpha value is -4.03. The normalized spacial score (nSPS) is 14.4. The van der Waals surface area contributed by atoms with E-state index >= 15 is 0 Å². The van der Waals surface area contributed by atoms with Crippen molar-refractivity contribution < 1.29 is 35.9 Å². The zero-order chi connectivity index (χ0) is 30.1. The number of hydrogen-bond donors (Lipinski definition) is 1. The van der Waals surface area contributed by atoms with Crippen LogP contribution in [0.1, 0.15) is 27.9 Å². The van der Waals surface area contributed by atoms with Gasteiger partial charge in [0.05, 0.1) is 11.1 Å². The lowest BCUT2D eigenvalue weighted by Crippen LogP contribution is -2.34. The van der Waals surface area contributed by atoms with E-state index in [-0.39, 0.29) is 17.2 Å². The van der Waals surface area contributed by atoms with Crippen LogP contribution in [-0.2, 0) is 25.7 Å². The van der Waals surface area contributed by atoms with Crippen molar-refractivity contribution in [2.24, 2.45) is 0 Å². The van der Waals surface area contributed by atoms with Crippen LogP contribution in [-0.4, -0.2) is 39.9 Å². The van der Waals surface area contributed by atoms with Crippen molar-refractivity contribution in [3.8, 4) is 5.75 Å². The minimum Gasteiger partial charge on any atom is -0.406 e. The van der Waals surface area contributed by atoms with E-state index in [0.717, 1.165) is 17.7 Å². The number of pyridine rings is 1. The summed E-state index contributed by atoms with van der Waals surface area (Å²) >= 11 is 5.92. The molecule has 2 aromatic heterocycles. The Labute approximate surface area is 241 Å². The van der Waals surface area contributed by atoms with Gasteiger partial charge < -0.3 is 10.1 Å². The summed E-state index contributed by atoms with van der Waals surface area (Å²) < 4.78 is 82.8. The highest BCUT2D eigenvalue weighted by atomic mass is 35.5. The predicted octanol–water partition coefficient (Wildman–Crippen LogP) is 7.44. The van der Waals surface area contributed by atoms with Crippen LogP contribution in [0.2, 0.25) is 5.15 Å². The van der Waals surface area contributed by atoms with E-state index < -0.39 is 29.9 Å². The number of hydrogen-bond acceptors (Lipinski definition) is 4. The molecule has 1 N–H and O–H groups in total. The molecular weight excluding hydrogens is 586 g/mol. The highest BCUT2D eigenvalue weighted by Gasteiger charge is 2.33. The van der Waals surface area contributed by atoms with Gasteiger partial charge in [0.15, 0.2) is 0 Å². The molecule has 0 radical (unpaired) electrons. The Balaban J connectivity index is 1.38. The molecule has 1 amide bonds. The van der Waals surface area contributed by atoms with Gasteiger partial charge in [0.1, 0.15) is 10.9 Å². The van der Waals surface area contributed by atoms with Crippen LogP contribution in [0.25, 0.3) is 17.0 Å². The second-order valence-corrected chi connectivity index (χ2v) is 10.0. The zero-order valence-electron chi connectivity index (χ0n) is 21.8. The Bertz CT molecular complexity index is 1630. The molecule has 220 valence electrons. The largest absolute Gasteiger partial charge is 0.573 e. The second kappa shape index (κ2) is 11.7. The molecule has 0 aliphatic carbocycles. The number of amides is 1. The maximum Gasteiger partial charge on any atom is 0.573 e. The first kappa shape index (κ1) is 29.5. The summed E-state index contributed by atoms with van der Waals surface area (Å²) in [7, 11) is 0. The number of alkyl halides is 6. The van der Waals surface area contributed by atoms with Crippen LogP contribution in [0.15, 0.2) is 66.9 Å². The average Bonchev–Trinajstić information content (AvgIpc) is 3.23. The van der Waals surface area contributed by atoms with Crippen molar-refractivity contribution in [3.05, 3.63) is 100.0 Å². The maximum absolute atomic E-state index is 13.4. The Kier molecular flexibility index (Phi) is 8.20. The van der Waals surface area contributed by atoms with Gasteiger partial charge in [0, 0.05) is 55.9 Å². The van der Waals surface area contributed by atoms with Gasteiger partial charge in [-0.25, -0.2) is 9.78 Å². The molecule has 1 aliphatic rings. The highest BCUT2D eigenvalue weighted by Crippen LogP contribution is 2.35. The molecule has 0 saturated carbocycles. The first-order chi connectivity index (χ1) is 19.9. The van der Waals surface area contributed by atoms with Gasteiger partial charge in [0.2, 0.25) is 0 Å². The molecule has 2 aromatic carbocycles. The lowest BCUT2D eigenvalue weighted by atomic mass is 10.0. The van der Waals surface area contributed by atoms with Crippen molar-refractivity contribution in [1.29, 1.82) is 0 Å². The van der Waals surface area contributed by atoms with Crippen molar-refractivity contribution in [2.75, 3.05) is 13.1 Å². The molecule has 0 fully saturated rings. The summed E-state index contributed by atoms with van der Waals surface area (Å²) in [6.07, 6.45) is -3.83. The standard InChI is InChI=1S/C29H23ClF6N4O2/c30-26-14-19(9-11-37-26)16-38-27(41)40-24-10-13-39(12-1-2-18-3-5-20(6-4-18)28(31,32)33)17-23(24)22-8-7-21(15-25(22)40)42-29(34,35)36/h1-9,11,14-15H,10,12-13,16-17H2,(H,38,41). The number of aromatic nitrogens is 2. The second-order valence-electron chi connectivity index (χ2n) is 9.64. The van der Waals surface area contributed by atoms with Gasteiger partial charge in [-0.05, 0) is 53.1 Å². The molecule has 42 heavy (non-hydrogen) atoms. The van der Waals surface area contributed by atoms with Gasteiger partial charge in [-0.15, -0.1) is 13.2 Å². The summed E-state index contributed by atoms with van der Waals surface area (Å²) in [6, 6.07) is 11.5. The van der Waals surface area contributed by atoms with Crippen LogP contribution in [0.3, 0.4) is 0 Å². The van der Waals surface area contributed by atoms with Crippen LogP contribution in [0.5, 0.6) is 5.75 Å². The third kappa shape index (κ3) is 6.88. The fraction of sp³-hybridized carbons (Fsp3) is 0.241. The van der Waals surface area contributed by atoms with E-state index in [1.54, 1.807) is 18.2 Å². The fourth-order valence-corrected chi connectivity index (χ4v) is 5.11. The first-order valence-electron chi connectivity index (χ1n) is 12.7. The minimum absolute atomic E-state index is 0.120. The van der Waals surface area contributed by atoms with Gasteiger partial charge in [0.25, 0.3) is 0 Å². The van der Waals surface area contributed by atoms with Crippen LogP contribution in [0.4, 0.5) is 31.1 Å². The van der Waals surface area contributed by atoms with Crippen LogP contribution in [0, 0.1) is 0 Å². The summed E-state index contributed by atoms with van der Waals surface area (Å²) in [5.41, 5.74) is 2.32. The third-order valence-corrected chi connectivity index (χ3v) is 6.99. The van der Waals surface area contributed by atoms with E-state index in [1.807, 2.05) is 6.08 Å². The molecule has 5 rings (SSSR count). The van der Waals surface area contributed by atoms with E-state index in [9.17, 15) is 31.1 Å². The topological polar surface area (TPSA) is 59.4 Å². The molecule has 0 spiro atoms. The smallest absolute Gasteiger partial charge is 0.406 e. The summed E-state index contributed by atoms with van der Waals surface area (Å²) in [4.78, 5) is 19.4. The lowest BCUT2D eigenvalue weighted by Gasteiger charge is -2.27. The van der Waals surface area contributed by atoms with Gasteiger partial charge >= 0.3 is 18.6 Å². The molecule has 0 atom stereocenters. The van der Waals surface area contributed by atoms with Gasteiger partial charge in [-0.2, -0.15) is 13.2 Å². The molecular formula is C29H23ClF6N4O2. The molecule has 6 nitrogen and oxygen atoms in total. The molecule has 4 aromatic rings.